The van der Waals surface area contributed by atoms with Crippen molar-refractivity contribution in [2.45, 2.75) is 6.92 Å². The fourth-order valence-electron chi connectivity index (χ4n) is 1.72. The Balaban J connectivity index is 2.17. The van der Waals surface area contributed by atoms with E-state index >= 15 is 0 Å². The summed E-state index contributed by atoms with van der Waals surface area (Å²) in [5, 5.41) is 13.3. The van der Waals surface area contributed by atoms with Gasteiger partial charge in [0.05, 0.1) is 5.56 Å². The van der Waals surface area contributed by atoms with Crippen molar-refractivity contribution >= 4 is 29.2 Å². The number of pyridine rings is 1. The zero-order valence-corrected chi connectivity index (χ0v) is 12.1. The number of nitrogens with zero attached hydrogens (tertiary/aromatic N) is 2. The van der Waals surface area contributed by atoms with Crippen molar-refractivity contribution < 1.29 is 14.5 Å². The minimum Gasteiger partial charge on any atom is -0.358 e. The van der Waals surface area contributed by atoms with Crippen molar-refractivity contribution in [3.8, 4) is 0 Å². The molecule has 0 unspecified atom stereocenters. The number of nitrogens with one attached hydrogen (secondary N) is 1. The summed E-state index contributed by atoms with van der Waals surface area (Å²) in [6.07, 6.45) is 1.07. The lowest BCUT2D eigenvalue weighted by Gasteiger charge is -2.05. The highest BCUT2D eigenvalue weighted by atomic mass is 35.5. The van der Waals surface area contributed by atoms with Crippen molar-refractivity contribution in [1.82, 2.24) is 10.3 Å². The van der Waals surface area contributed by atoms with Crippen LogP contribution in [0.4, 0.5) is 5.82 Å². The maximum atomic E-state index is 12.0. The molecule has 0 radical (unpaired) electrons. The molecular formula is C14H10ClN3O4. The number of imide groups is 1. The van der Waals surface area contributed by atoms with E-state index in [1.807, 2.05) is 0 Å². The van der Waals surface area contributed by atoms with Gasteiger partial charge in [-0.15, -0.1) is 0 Å². The van der Waals surface area contributed by atoms with Gasteiger partial charge in [0.2, 0.25) is 0 Å². The van der Waals surface area contributed by atoms with Crippen LogP contribution < -0.4 is 5.32 Å². The molecule has 0 saturated heterocycles. The molecule has 112 valence electrons. The van der Waals surface area contributed by atoms with E-state index in [1.54, 1.807) is 0 Å². The first-order valence-electron chi connectivity index (χ1n) is 6.11. The summed E-state index contributed by atoms with van der Waals surface area (Å²) in [5.74, 6) is -1.64. The lowest BCUT2D eigenvalue weighted by atomic mass is 10.1. The molecule has 0 atom stereocenters. The second-order valence-corrected chi connectivity index (χ2v) is 4.84. The minimum atomic E-state index is -0.681. The van der Waals surface area contributed by atoms with E-state index in [0.29, 0.717) is 10.6 Å². The third-order valence-corrected chi connectivity index (χ3v) is 3.11. The number of nitro groups is 1. The van der Waals surface area contributed by atoms with E-state index in [2.05, 4.69) is 10.3 Å². The lowest BCUT2D eigenvalue weighted by Crippen LogP contribution is -2.31. The molecule has 2 aromatic rings. The number of amides is 2. The third-order valence-electron chi connectivity index (χ3n) is 2.86. The summed E-state index contributed by atoms with van der Waals surface area (Å²) in [6, 6.07) is 7.18. The van der Waals surface area contributed by atoms with Crippen LogP contribution in [0.3, 0.4) is 0 Å². The zero-order valence-electron chi connectivity index (χ0n) is 11.4. The van der Waals surface area contributed by atoms with Crippen molar-refractivity contribution in [2.24, 2.45) is 0 Å². The summed E-state index contributed by atoms with van der Waals surface area (Å²) < 4.78 is 0. The molecule has 1 N–H and O–H groups in total. The number of hydrogen-bond acceptors (Lipinski definition) is 5. The molecule has 0 fully saturated rings. The third kappa shape index (κ3) is 3.44. The van der Waals surface area contributed by atoms with Gasteiger partial charge < -0.3 is 10.1 Å². The average molecular weight is 320 g/mol. The van der Waals surface area contributed by atoms with E-state index in [4.69, 9.17) is 11.6 Å². The molecule has 0 saturated carbocycles. The number of aryl methyl sites for hydroxylation is 1. The SMILES string of the molecule is Cc1cc([N+](=O)[O-])ncc1C(=O)NC(=O)c1ccc(Cl)cc1. The number of benzene rings is 1. The maximum absolute atomic E-state index is 12.0. The lowest BCUT2D eigenvalue weighted by molar-refractivity contribution is -0.389. The highest BCUT2D eigenvalue weighted by Crippen LogP contribution is 2.14. The van der Waals surface area contributed by atoms with Crippen LogP contribution in [-0.4, -0.2) is 21.7 Å². The highest BCUT2D eigenvalue weighted by molar-refractivity contribution is 6.30. The Kier molecular flexibility index (Phi) is 4.47. The molecule has 22 heavy (non-hydrogen) atoms. The number of carbonyl (C=O) groups excluding carboxylic acids is 2. The van der Waals surface area contributed by atoms with Crippen molar-refractivity contribution in [2.75, 3.05) is 0 Å². The first-order chi connectivity index (χ1) is 10.4. The first kappa shape index (κ1) is 15.6. The number of carbonyl (C=O) groups is 2. The Morgan fingerprint density at radius 2 is 1.86 bits per heavy atom. The van der Waals surface area contributed by atoms with Gasteiger partial charge in [-0.25, -0.2) is 0 Å². The molecule has 8 heteroatoms. The molecule has 1 heterocycles. The fraction of sp³-hybridized carbons (Fsp3) is 0.0714. The summed E-state index contributed by atoms with van der Waals surface area (Å²) in [7, 11) is 0. The van der Waals surface area contributed by atoms with Crippen molar-refractivity contribution in [3.05, 3.63) is 68.4 Å². The molecule has 2 amide bonds. The smallest absolute Gasteiger partial charge is 0.358 e. The molecule has 0 aliphatic carbocycles. The van der Waals surface area contributed by atoms with Crippen molar-refractivity contribution in [1.29, 1.82) is 0 Å². The van der Waals surface area contributed by atoms with Crippen LogP contribution in [0.1, 0.15) is 26.3 Å². The van der Waals surface area contributed by atoms with E-state index in [9.17, 15) is 19.7 Å². The Morgan fingerprint density at radius 1 is 1.23 bits per heavy atom. The average Bonchev–Trinajstić information content (AvgIpc) is 2.47. The van der Waals surface area contributed by atoms with Crippen LogP contribution in [0.25, 0.3) is 0 Å². The van der Waals surface area contributed by atoms with E-state index in [1.165, 1.54) is 37.3 Å². The van der Waals surface area contributed by atoms with Gasteiger partial charge in [0.1, 0.15) is 0 Å². The Bertz CT molecular complexity index is 759. The first-order valence-corrected chi connectivity index (χ1v) is 6.48. The van der Waals surface area contributed by atoms with Gasteiger partial charge in [-0.3, -0.25) is 14.9 Å². The zero-order chi connectivity index (χ0) is 16.3. The predicted octanol–water partition coefficient (Wildman–Crippen LogP) is 2.52. The van der Waals surface area contributed by atoms with Crippen LogP contribution >= 0.6 is 11.6 Å². The quantitative estimate of drug-likeness (QED) is 0.532. The Hall–Kier alpha value is -2.80. The van der Waals surface area contributed by atoms with Gasteiger partial charge >= 0.3 is 5.82 Å². The van der Waals surface area contributed by atoms with E-state index < -0.39 is 16.7 Å². The highest BCUT2D eigenvalue weighted by Gasteiger charge is 2.18. The predicted molar refractivity (Wildman–Crippen MR) is 78.9 cm³/mol. The molecule has 0 aliphatic rings. The second kappa shape index (κ2) is 6.31. The maximum Gasteiger partial charge on any atom is 0.363 e. The Morgan fingerprint density at radius 3 is 2.41 bits per heavy atom. The fourth-order valence-corrected chi connectivity index (χ4v) is 1.85. The van der Waals surface area contributed by atoms with Crippen molar-refractivity contribution in [3.63, 3.8) is 0 Å². The summed E-state index contributed by atoms with van der Waals surface area (Å²) in [4.78, 5) is 37.5. The van der Waals surface area contributed by atoms with Crippen LogP contribution in [0.5, 0.6) is 0 Å². The van der Waals surface area contributed by atoms with Gasteiger partial charge in [0, 0.05) is 16.7 Å². The molecule has 2 rings (SSSR count). The second-order valence-electron chi connectivity index (χ2n) is 4.40. The molecule has 0 aliphatic heterocycles. The monoisotopic (exact) mass is 319 g/mol. The van der Waals surface area contributed by atoms with Gasteiger partial charge in [0.25, 0.3) is 11.8 Å². The standard InChI is InChI=1S/C14H10ClN3O4/c1-8-6-12(18(21)22)16-7-11(8)14(20)17-13(19)9-2-4-10(15)5-3-9/h2-7H,1H3,(H,17,19,20). The van der Waals surface area contributed by atoms with Crippen LogP contribution in [-0.2, 0) is 0 Å². The Labute approximate surface area is 130 Å². The summed E-state index contributed by atoms with van der Waals surface area (Å²) >= 11 is 5.72. The number of rotatable bonds is 3. The van der Waals surface area contributed by atoms with E-state index in [-0.39, 0.29) is 16.9 Å². The summed E-state index contributed by atoms with van der Waals surface area (Å²) in [5.41, 5.74) is 0.710. The van der Waals surface area contributed by atoms with Gasteiger partial charge in [-0.2, -0.15) is 0 Å². The number of halogens is 1. The molecule has 0 bridgehead atoms. The van der Waals surface area contributed by atoms with Gasteiger partial charge in [0.15, 0.2) is 6.20 Å². The van der Waals surface area contributed by atoms with Gasteiger partial charge in [-0.1, -0.05) is 11.6 Å². The van der Waals surface area contributed by atoms with Crippen LogP contribution in [0.15, 0.2) is 36.5 Å². The summed E-state index contributed by atoms with van der Waals surface area (Å²) in [6.45, 7) is 1.52. The minimum absolute atomic E-state index is 0.0907. The van der Waals surface area contributed by atoms with Gasteiger partial charge in [-0.05, 0) is 46.7 Å². The van der Waals surface area contributed by atoms with E-state index in [0.717, 1.165) is 6.20 Å². The van der Waals surface area contributed by atoms with Crippen LogP contribution in [0.2, 0.25) is 5.02 Å². The molecule has 1 aromatic heterocycles. The number of hydrogen-bond donors (Lipinski definition) is 1. The normalized spacial score (nSPS) is 10.1. The topological polar surface area (TPSA) is 102 Å². The molecule has 1 aromatic carbocycles. The number of aromatic nitrogens is 1. The largest absolute Gasteiger partial charge is 0.363 e. The molecule has 0 spiro atoms. The molecular weight excluding hydrogens is 310 g/mol. The van der Waals surface area contributed by atoms with Crippen LogP contribution in [0, 0.1) is 17.0 Å². The molecule has 7 nitrogen and oxygen atoms in total.